The first-order chi connectivity index (χ1) is 12.0. The maximum absolute atomic E-state index is 12.7. The van der Waals surface area contributed by atoms with E-state index in [4.69, 9.17) is 32.7 Å². The second kappa shape index (κ2) is 8.53. The number of nitrogens with one attached hydrogen (secondary N) is 1. The van der Waals surface area contributed by atoms with Crippen molar-refractivity contribution >= 4 is 39.2 Å². The van der Waals surface area contributed by atoms with Crippen LogP contribution in [0.4, 0.5) is 0 Å². The van der Waals surface area contributed by atoms with Gasteiger partial charge < -0.3 is 14.6 Å². The molecule has 0 aliphatic rings. The highest BCUT2D eigenvalue weighted by atomic mass is 35.5. The van der Waals surface area contributed by atoms with Gasteiger partial charge in [-0.3, -0.25) is 4.79 Å². The fourth-order valence-corrected chi connectivity index (χ4v) is 3.78. The number of halogens is 2. The topological polar surface area (TPSA) is 102 Å². The van der Waals surface area contributed by atoms with E-state index < -0.39 is 43.9 Å². The zero-order valence-corrected chi connectivity index (χ0v) is 18.4. The molecule has 1 aromatic rings. The van der Waals surface area contributed by atoms with Crippen LogP contribution >= 0.6 is 23.2 Å². The fraction of sp³-hybridized carbons (Fsp3) is 0.588. The normalized spacial score (nSPS) is 14.1. The van der Waals surface area contributed by atoms with Gasteiger partial charge in [0, 0.05) is 5.02 Å². The molecule has 0 saturated heterocycles. The van der Waals surface area contributed by atoms with Crippen LogP contribution in [0.1, 0.15) is 41.5 Å². The van der Waals surface area contributed by atoms with Crippen LogP contribution in [0.5, 0.6) is 5.75 Å². The molecule has 0 heterocycles. The summed E-state index contributed by atoms with van der Waals surface area (Å²) in [5.41, 5.74) is -1.45. The Kier molecular flexibility index (Phi) is 7.57. The maximum atomic E-state index is 12.7. The SMILES string of the molecule is CC(C)(C)OCC(NS(=O)(=O)c1cc(Cl)cc(Cl)c1O)C(=O)OC(C)(C)C. The molecule has 0 saturated carbocycles. The number of phenolic OH excluding ortho intramolecular Hbond substituents is 1. The van der Waals surface area contributed by atoms with Gasteiger partial charge in [-0.25, -0.2) is 8.42 Å². The van der Waals surface area contributed by atoms with Crippen molar-refractivity contribution in [3.05, 3.63) is 22.2 Å². The van der Waals surface area contributed by atoms with Crippen molar-refractivity contribution < 1.29 is 27.8 Å². The van der Waals surface area contributed by atoms with Crippen molar-refractivity contribution in [3.8, 4) is 5.75 Å². The number of carbonyl (C=O) groups excluding carboxylic acids is 1. The first kappa shape index (κ1) is 24.0. The van der Waals surface area contributed by atoms with Gasteiger partial charge in [0.1, 0.15) is 16.5 Å². The molecule has 0 fully saturated rings. The Bertz CT molecular complexity index is 797. The summed E-state index contributed by atoms with van der Waals surface area (Å²) in [5.74, 6) is -1.49. The standard InChI is InChI=1S/C17H25Cl2NO6S/c1-16(2,3)25-9-12(15(22)26-17(4,5)6)20-27(23,24)13-8-10(18)7-11(19)14(13)21/h7-8,12,20-21H,9H2,1-6H3. The molecule has 27 heavy (non-hydrogen) atoms. The number of benzene rings is 1. The number of ether oxygens (including phenoxy) is 2. The van der Waals surface area contributed by atoms with Crippen molar-refractivity contribution in [1.29, 1.82) is 0 Å². The Morgan fingerprint density at radius 1 is 1.15 bits per heavy atom. The van der Waals surface area contributed by atoms with Gasteiger partial charge in [0.2, 0.25) is 10.0 Å². The van der Waals surface area contributed by atoms with Crippen molar-refractivity contribution in [1.82, 2.24) is 4.72 Å². The van der Waals surface area contributed by atoms with Crippen LogP contribution in [0.25, 0.3) is 0 Å². The molecule has 1 atom stereocenters. The summed E-state index contributed by atoms with van der Waals surface area (Å²) < 4.78 is 38.4. The Hall–Kier alpha value is -1.06. The number of hydrogen-bond donors (Lipinski definition) is 2. The molecule has 1 aromatic carbocycles. The minimum Gasteiger partial charge on any atom is -0.505 e. The van der Waals surface area contributed by atoms with Crippen LogP contribution in [0.2, 0.25) is 10.0 Å². The van der Waals surface area contributed by atoms with E-state index in [9.17, 15) is 18.3 Å². The van der Waals surface area contributed by atoms with Crippen molar-refractivity contribution in [3.63, 3.8) is 0 Å². The highest BCUT2D eigenvalue weighted by Crippen LogP contribution is 2.34. The third-order valence-corrected chi connectivity index (χ3v) is 4.95. The number of hydrogen-bond acceptors (Lipinski definition) is 6. The van der Waals surface area contributed by atoms with Crippen molar-refractivity contribution in [2.75, 3.05) is 6.61 Å². The Morgan fingerprint density at radius 3 is 2.19 bits per heavy atom. The average molecular weight is 442 g/mol. The molecular weight excluding hydrogens is 417 g/mol. The summed E-state index contributed by atoms with van der Waals surface area (Å²) >= 11 is 11.6. The number of rotatable bonds is 6. The Balaban J connectivity index is 3.21. The van der Waals surface area contributed by atoms with Gasteiger partial charge in [-0.2, -0.15) is 4.72 Å². The zero-order chi connectivity index (χ0) is 21.2. The van der Waals surface area contributed by atoms with Gasteiger partial charge in [0.25, 0.3) is 0 Å². The minimum absolute atomic E-state index is 0.0120. The number of phenols is 1. The smallest absolute Gasteiger partial charge is 0.327 e. The summed E-state index contributed by atoms with van der Waals surface area (Å²) in [4.78, 5) is 11.9. The lowest BCUT2D eigenvalue weighted by atomic mass is 10.2. The molecule has 0 radical (unpaired) electrons. The van der Waals surface area contributed by atoms with Crippen LogP contribution in [-0.2, 0) is 24.3 Å². The molecule has 154 valence electrons. The second-order valence-corrected chi connectivity index (χ2v) is 10.4. The predicted molar refractivity (Wildman–Crippen MR) is 104 cm³/mol. The third kappa shape index (κ3) is 7.83. The molecule has 0 spiro atoms. The zero-order valence-electron chi connectivity index (χ0n) is 16.1. The fourth-order valence-electron chi connectivity index (χ4n) is 1.85. The molecular formula is C17H25Cl2NO6S. The molecule has 10 heteroatoms. The van der Waals surface area contributed by atoms with E-state index >= 15 is 0 Å². The van der Waals surface area contributed by atoms with Gasteiger partial charge in [-0.1, -0.05) is 23.2 Å². The van der Waals surface area contributed by atoms with E-state index in [-0.39, 0.29) is 16.7 Å². The summed E-state index contributed by atoms with van der Waals surface area (Å²) in [5, 5.41) is 9.78. The van der Waals surface area contributed by atoms with Crippen LogP contribution in [0, 0.1) is 0 Å². The second-order valence-electron chi connectivity index (χ2n) is 7.87. The third-order valence-electron chi connectivity index (χ3n) is 2.95. The van der Waals surface area contributed by atoms with E-state index in [1.165, 1.54) is 6.07 Å². The first-order valence-electron chi connectivity index (χ1n) is 8.09. The number of carbonyl (C=O) groups is 1. The highest BCUT2D eigenvalue weighted by molar-refractivity contribution is 7.89. The number of esters is 1. The van der Waals surface area contributed by atoms with Gasteiger partial charge in [0.15, 0.2) is 5.75 Å². The largest absolute Gasteiger partial charge is 0.505 e. The van der Waals surface area contributed by atoms with Gasteiger partial charge in [0.05, 0.1) is 17.2 Å². The molecule has 7 nitrogen and oxygen atoms in total. The Morgan fingerprint density at radius 2 is 1.70 bits per heavy atom. The summed E-state index contributed by atoms with van der Waals surface area (Å²) in [6.07, 6.45) is 0. The molecule has 1 rings (SSSR count). The molecule has 0 bridgehead atoms. The Labute approximate surface area is 170 Å². The van der Waals surface area contributed by atoms with Crippen LogP contribution in [0.15, 0.2) is 17.0 Å². The monoisotopic (exact) mass is 441 g/mol. The lowest BCUT2D eigenvalue weighted by molar-refractivity contribution is -0.159. The van der Waals surface area contributed by atoms with E-state index in [0.717, 1.165) is 6.07 Å². The lowest BCUT2D eigenvalue weighted by Gasteiger charge is -2.27. The summed E-state index contributed by atoms with van der Waals surface area (Å²) in [7, 11) is -4.35. The highest BCUT2D eigenvalue weighted by Gasteiger charge is 2.33. The molecule has 0 aliphatic heterocycles. The predicted octanol–water partition coefficient (Wildman–Crippen LogP) is 3.50. The van der Waals surface area contributed by atoms with Gasteiger partial charge >= 0.3 is 5.97 Å². The summed E-state index contributed by atoms with van der Waals surface area (Å²) in [6.45, 7) is 9.98. The molecule has 0 aliphatic carbocycles. The average Bonchev–Trinajstić information content (AvgIpc) is 2.44. The molecule has 1 unspecified atom stereocenters. The van der Waals surface area contributed by atoms with Gasteiger partial charge in [-0.05, 0) is 53.7 Å². The number of aromatic hydroxyl groups is 1. The van der Waals surface area contributed by atoms with Crippen molar-refractivity contribution in [2.24, 2.45) is 0 Å². The molecule has 0 aromatic heterocycles. The van der Waals surface area contributed by atoms with E-state index in [1.807, 2.05) is 0 Å². The lowest BCUT2D eigenvalue weighted by Crippen LogP contribution is -2.48. The van der Waals surface area contributed by atoms with E-state index in [0.29, 0.717) is 0 Å². The number of sulfonamides is 1. The van der Waals surface area contributed by atoms with Crippen LogP contribution in [0.3, 0.4) is 0 Å². The summed E-state index contributed by atoms with van der Waals surface area (Å²) in [6, 6.07) is 0.888. The minimum atomic E-state index is -4.35. The quantitative estimate of drug-likeness (QED) is 0.654. The van der Waals surface area contributed by atoms with Crippen LogP contribution < -0.4 is 4.72 Å². The maximum Gasteiger partial charge on any atom is 0.327 e. The molecule has 2 N–H and O–H groups in total. The van der Waals surface area contributed by atoms with Crippen LogP contribution in [-0.4, -0.2) is 43.3 Å². The van der Waals surface area contributed by atoms with E-state index in [1.54, 1.807) is 41.5 Å². The van der Waals surface area contributed by atoms with Crippen molar-refractivity contribution in [2.45, 2.75) is 63.7 Å². The molecule has 0 amide bonds. The first-order valence-corrected chi connectivity index (χ1v) is 10.3. The van der Waals surface area contributed by atoms with E-state index in [2.05, 4.69) is 4.72 Å². The van der Waals surface area contributed by atoms with Gasteiger partial charge in [-0.15, -0.1) is 0 Å².